The molecule has 0 aliphatic carbocycles. The number of carbonyl (C=O) groups is 1. The number of amides is 1. The summed E-state index contributed by atoms with van der Waals surface area (Å²) < 4.78 is 4.90. The molecule has 0 aromatic heterocycles. The van der Waals surface area contributed by atoms with Crippen LogP contribution < -0.4 is 5.32 Å². The minimum atomic E-state index is -0.593. The second-order valence-corrected chi connectivity index (χ2v) is 5.01. The van der Waals surface area contributed by atoms with Gasteiger partial charge in [0, 0.05) is 11.0 Å². The monoisotopic (exact) mass is 289 g/mol. The van der Waals surface area contributed by atoms with Gasteiger partial charge in [-0.2, -0.15) is 0 Å². The fraction of sp³-hybridized carbons (Fsp3) is 0.417. The quantitative estimate of drug-likeness (QED) is 0.593. The maximum atomic E-state index is 11.3. The van der Waals surface area contributed by atoms with Gasteiger partial charge in [-0.3, -0.25) is 0 Å². The Morgan fingerprint density at radius 2 is 1.89 bits per heavy atom. The van der Waals surface area contributed by atoms with Gasteiger partial charge in [0.1, 0.15) is 6.61 Å². The third kappa shape index (κ3) is 2.63. The highest BCUT2D eigenvalue weighted by Gasteiger charge is 2.39. The molecular formula is C12H16ClNO5. The molecule has 0 radical (unpaired) electrons. The van der Waals surface area contributed by atoms with Crippen molar-refractivity contribution in [1.82, 2.24) is 5.32 Å². The molecule has 1 heterocycles. The lowest BCUT2D eigenvalue weighted by atomic mass is 9.80. The summed E-state index contributed by atoms with van der Waals surface area (Å²) in [7, 11) is 0. The summed E-state index contributed by atoms with van der Waals surface area (Å²) in [5.74, 6) is -1.44. The molecule has 0 saturated carbocycles. The Hall–Kier alpha value is -1.82. The highest BCUT2D eigenvalue weighted by Crippen LogP contribution is 2.45. The van der Waals surface area contributed by atoms with E-state index in [0.29, 0.717) is 5.56 Å². The van der Waals surface area contributed by atoms with Crippen molar-refractivity contribution >= 4 is 18.5 Å². The number of phenolic OH excluding ortho intramolecular Hbond substituents is 3. The number of nitrogens with one attached hydrogen (secondary N) is 1. The van der Waals surface area contributed by atoms with Crippen molar-refractivity contribution < 1.29 is 24.9 Å². The summed E-state index contributed by atoms with van der Waals surface area (Å²) in [6.07, 6.45) is -0.578. The van der Waals surface area contributed by atoms with E-state index < -0.39 is 34.8 Å². The number of carbonyl (C=O) groups excluding carboxylic acids is 1. The average molecular weight is 290 g/mol. The largest absolute Gasteiger partial charge is 0.504 e. The molecule has 1 aliphatic heterocycles. The van der Waals surface area contributed by atoms with Crippen LogP contribution in [0.2, 0.25) is 0 Å². The molecule has 106 valence electrons. The van der Waals surface area contributed by atoms with E-state index in [1.807, 2.05) is 13.8 Å². The van der Waals surface area contributed by atoms with Gasteiger partial charge in [-0.05, 0) is 12.1 Å². The average Bonchev–Trinajstić information content (AvgIpc) is 2.30. The smallest absolute Gasteiger partial charge is 0.407 e. The van der Waals surface area contributed by atoms with Crippen LogP contribution in [0, 0.1) is 5.41 Å². The van der Waals surface area contributed by atoms with Gasteiger partial charge in [-0.15, -0.1) is 12.4 Å². The van der Waals surface area contributed by atoms with E-state index in [1.54, 1.807) is 0 Å². The third-order valence-electron chi connectivity index (χ3n) is 3.09. The van der Waals surface area contributed by atoms with E-state index in [4.69, 9.17) is 4.74 Å². The molecule has 2 rings (SSSR count). The number of halogens is 1. The number of rotatable bonds is 1. The summed E-state index contributed by atoms with van der Waals surface area (Å²) in [6.45, 7) is 3.92. The first-order chi connectivity index (χ1) is 8.33. The molecule has 7 heteroatoms. The second kappa shape index (κ2) is 5.05. The molecule has 1 atom stereocenters. The zero-order valence-electron chi connectivity index (χ0n) is 10.5. The number of cyclic esters (lactones) is 1. The Morgan fingerprint density at radius 3 is 2.53 bits per heavy atom. The lowest BCUT2D eigenvalue weighted by Crippen LogP contribution is -2.46. The van der Waals surface area contributed by atoms with Crippen molar-refractivity contribution in [3.8, 4) is 17.2 Å². The van der Waals surface area contributed by atoms with E-state index in [2.05, 4.69) is 5.32 Å². The van der Waals surface area contributed by atoms with E-state index in [1.165, 1.54) is 12.1 Å². The van der Waals surface area contributed by atoms with Crippen molar-refractivity contribution in [2.24, 2.45) is 5.41 Å². The fourth-order valence-corrected chi connectivity index (χ4v) is 2.01. The Kier molecular flexibility index (Phi) is 4.05. The lowest BCUT2D eigenvalue weighted by Gasteiger charge is -2.38. The fourth-order valence-electron chi connectivity index (χ4n) is 2.01. The molecule has 1 aromatic rings. The topological polar surface area (TPSA) is 99.0 Å². The number of ether oxygens (including phenoxy) is 1. The Morgan fingerprint density at radius 1 is 1.26 bits per heavy atom. The van der Waals surface area contributed by atoms with Gasteiger partial charge in [-0.1, -0.05) is 13.8 Å². The molecule has 0 spiro atoms. The third-order valence-corrected chi connectivity index (χ3v) is 3.09. The number of aromatic hydroxyl groups is 3. The van der Waals surface area contributed by atoms with Crippen LogP contribution in [-0.2, 0) is 4.74 Å². The van der Waals surface area contributed by atoms with Crippen LogP contribution in [0.4, 0.5) is 4.79 Å². The molecule has 1 saturated heterocycles. The SMILES string of the molecule is CC1(C)COC(=O)N[C@@H]1c1ccc(O)c(O)c1O.Cl. The number of hydrogen-bond donors (Lipinski definition) is 4. The first-order valence-corrected chi connectivity index (χ1v) is 5.50. The van der Waals surface area contributed by atoms with Gasteiger partial charge in [-0.25, -0.2) is 4.79 Å². The Labute approximate surface area is 116 Å². The molecule has 0 bridgehead atoms. The molecular weight excluding hydrogens is 274 g/mol. The predicted molar refractivity (Wildman–Crippen MR) is 69.7 cm³/mol. The standard InChI is InChI=1S/C12H15NO5.ClH/c1-12(2)5-18-11(17)13-10(12)6-3-4-7(14)9(16)8(6)15;/h3-4,10,14-16H,5H2,1-2H3,(H,13,17);1H/t10-;/m1./s1. The predicted octanol–water partition coefficient (Wildman–Crippen LogP) is 2.03. The van der Waals surface area contributed by atoms with E-state index >= 15 is 0 Å². The van der Waals surface area contributed by atoms with Crippen LogP contribution in [0.25, 0.3) is 0 Å². The lowest BCUT2D eigenvalue weighted by molar-refractivity contribution is 0.0380. The van der Waals surface area contributed by atoms with Crippen molar-refractivity contribution in [2.45, 2.75) is 19.9 Å². The van der Waals surface area contributed by atoms with Gasteiger partial charge < -0.3 is 25.4 Å². The zero-order valence-corrected chi connectivity index (χ0v) is 11.3. The minimum Gasteiger partial charge on any atom is -0.504 e. The van der Waals surface area contributed by atoms with Crippen LogP contribution in [0.15, 0.2) is 12.1 Å². The van der Waals surface area contributed by atoms with Crippen LogP contribution in [0.5, 0.6) is 17.2 Å². The normalized spacial score (nSPS) is 20.9. The summed E-state index contributed by atoms with van der Waals surface area (Å²) in [6, 6.07) is 2.22. The van der Waals surface area contributed by atoms with E-state index in [9.17, 15) is 20.1 Å². The first kappa shape index (κ1) is 15.2. The molecule has 19 heavy (non-hydrogen) atoms. The molecule has 6 nitrogen and oxygen atoms in total. The molecule has 1 aromatic carbocycles. The van der Waals surface area contributed by atoms with Gasteiger partial charge in [0.05, 0.1) is 6.04 Å². The van der Waals surface area contributed by atoms with E-state index in [-0.39, 0.29) is 19.0 Å². The van der Waals surface area contributed by atoms with Crippen molar-refractivity contribution in [3.05, 3.63) is 17.7 Å². The van der Waals surface area contributed by atoms with Crippen molar-refractivity contribution in [2.75, 3.05) is 6.61 Å². The number of alkyl carbamates (subject to hydrolysis) is 1. The van der Waals surface area contributed by atoms with Gasteiger partial charge >= 0.3 is 6.09 Å². The number of hydrogen-bond acceptors (Lipinski definition) is 5. The molecule has 1 amide bonds. The Balaban J connectivity index is 0.00000180. The maximum Gasteiger partial charge on any atom is 0.407 e. The van der Waals surface area contributed by atoms with Crippen LogP contribution in [0.1, 0.15) is 25.5 Å². The minimum absolute atomic E-state index is 0. The summed E-state index contributed by atoms with van der Waals surface area (Å²) in [5, 5.41) is 31.2. The molecule has 4 N–H and O–H groups in total. The Bertz CT molecular complexity index is 503. The van der Waals surface area contributed by atoms with Gasteiger partial charge in [0.15, 0.2) is 11.5 Å². The highest BCUT2D eigenvalue weighted by molar-refractivity contribution is 5.85. The maximum absolute atomic E-state index is 11.3. The van der Waals surface area contributed by atoms with E-state index in [0.717, 1.165) is 0 Å². The second-order valence-electron chi connectivity index (χ2n) is 5.01. The number of benzene rings is 1. The molecule has 1 fully saturated rings. The van der Waals surface area contributed by atoms with Crippen LogP contribution >= 0.6 is 12.4 Å². The summed E-state index contributed by atoms with van der Waals surface area (Å²) in [5.41, 5.74) is -0.110. The molecule has 1 aliphatic rings. The summed E-state index contributed by atoms with van der Waals surface area (Å²) >= 11 is 0. The van der Waals surface area contributed by atoms with Crippen LogP contribution in [0.3, 0.4) is 0 Å². The van der Waals surface area contributed by atoms with Crippen molar-refractivity contribution in [1.29, 1.82) is 0 Å². The first-order valence-electron chi connectivity index (χ1n) is 5.50. The van der Waals surface area contributed by atoms with Crippen molar-refractivity contribution in [3.63, 3.8) is 0 Å². The molecule has 0 unspecified atom stereocenters. The number of phenols is 3. The summed E-state index contributed by atoms with van der Waals surface area (Å²) in [4.78, 5) is 11.3. The highest BCUT2D eigenvalue weighted by atomic mass is 35.5. The van der Waals surface area contributed by atoms with Gasteiger partial charge in [0.2, 0.25) is 5.75 Å². The van der Waals surface area contributed by atoms with Gasteiger partial charge in [0.25, 0.3) is 0 Å². The zero-order chi connectivity index (χ0) is 13.5. The van der Waals surface area contributed by atoms with Crippen LogP contribution in [-0.4, -0.2) is 28.0 Å².